The van der Waals surface area contributed by atoms with Gasteiger partial charge in [0.05, 0.1) is 6.10 Å². The molecule has 0 radical (unpaired) electrons. The molecule has 0 rings (SSSR count). The maximum atomic E-state index is 9.93. The molecular formula is C17H33IO. The van der Waals surface area contributed by atoms with Crippen molar-refractivity contribution in [3.63, 3.8) is 0 Å². The number of aliphatic hydroxyl groups is 1. The van der Waals surface area contributed by atoms with Crippen LogP contribution in [0.4, 0.5) is 0 Å². The van der Waals surface area contributed by atoms with Crippen molar-refractivity contribution in [3.8, 4) is 0 Å². The second kappa shape index (κ2) is 13.4. The molecule has 2 heteroatoms. The smallest absolute Gasteiger partial charge is 0.0732 e. The third-order valence-corrected chi connectivity index (χ3v) is 4.88. The Kier molecular flexibility index (Phi) is 13.7. The number of aliphatic hydroxyl groups excluding tert-OH is 1. The molecule has 0 aliphatic rings. The van der Waals surface area contributed by atoms with Crippen molar-refractivity contribution < 1.29 is 5.11 Å². The Morgan fingerprint density at radius 2 is 1.32 bits per heavy atom. The standard InChI is InChI=1S/C17H33IO/c1-4-6-8-10-11-13-16(15(3)19)17(18)14-12-9-7-5-2/h15,19H,4-14H2,1-3H3/b17-16-. The van der Waals surface area contributed by atoms with E-state index in [2.05, 4.69) is 36.4 Å². The Hall–Kier alpha value is 0.430. The summed E-state index contributed by atoms with van der Waals surface area (Å²) in [6.45, 7) is 6.42. The molecule has 0 aromatic heterocycles. The average molecular weight is 380 g/mol. The zero-order valence-corrected chi connectivity index (χ0v) is 15.3. The van der Waals surface area contributed by atoms with Crippen molar-refractivity contribution >= 4 is 22.6 Å². The minimum Gasteiger partial charge on any atom is -0.389 e. The van der Waals surface area contributed by atoms with Crippen molar-refractivity contribution in [2.75, 3.05) is 0 Å². The topological polar surface area (TPSA) is 20.2 Å². The minimum absolute atomic E-state index is 0.260. The molecule has 1 unspecified atom stereocenters. The number of allylic oxidation sites excluding steroid dienone is 1. The Morgan fingerprint density at radius 1 is 0.842 bits per heavy atom. The Bertz CT molecular complexity index is 233. The number of hydrogen-bond acceptors (Lipinski definition) is 1. The predicted octanol–water partition coefficient (Wildman–Crippen LogP) is 6.39. The molecule has 0 saturated heterocycles. The molecule has 0 amide bonds. The van der Waals surface area contributed by atoms with Gasteiger partial charge in [0.1, 0.15) is 0 Å². The van der Waals surface area contributed by atoms with Crippen molar-refractivity contribution in [1.82, 2.24) is 0 Å². The van der Waals surface area contributed by atoms with Gasteiger partial charge in [-0.15, -0.1) is 0 Å². The number of hydrogen-bond donors (Lipinski definition) is 1. The fraction of sp³-hybridized carbons (Fsp3) is 0.882. The lowest BCUT2D eigenvalue weighted by Gasteiger charge is -2.14. The molecule has 0 spiro atoms. The summed E-state index contributed by atoms with van der Waals surface area (Å²) in [4.78, 5) is 0. The number of halogens is 1. The molecule has 1 atom stereocenters. The summed E-state index contributed by atoms with van der Waals surface area (Å²) < 4.78 is 1.42. The van der Waals surface area contributed by atoms with Gasteiger partial charge in [-0.25, -0.2) is 0 Å². The van der Waals surface area contributed by atoms with E-state index in [-0.39, 0.29) is 6.10 Å². The third kappa shape index (κ3) is 10.8. The summed E-state index contributed by atoms with van der Waals surface area (Å²) in [6, 6.07) is 0. The molecule has 0 saturated carbocycles. The van der Waals surface area contributed by atoms with Crippen molar-refractivity contribution in [2.24, 2.45) is 0 Å². The van der Waals surface area contributed by atoms with E-state index in [0.29, 0.717) is 0 Å². The van der Waals surface area contributed by atoms with Crippen molar-refractivity contribution in [2.45, 2.75) is 97.5 Å². The van der Waals surface area contributed by atoms with Crippen LogP contribution in [0, 0.1) is 0 Å². The van der Waals surface area contributed by atoms with Gasteiger partial charge < -0.3 is 5.11 Å². The molecule has 0 aromatic carbocycles. The fourth-order valence-electron chi connectivity index (χ4n) is 2.36. The molecule has 114 valence electrons. The van der Waals surface area contributed by atoms with Crippen LogP contribution < -0.4 is 0 Å². The van der Waals surface area contributed by atoms with Gasteiger partial charge in [-0.1, -0.05) is 58.8 Å². The van der Waals surface area contributed by atoms with E-state index in [1.54, 1.807) is 0 Å². The molecule has 0 heterocycles. The lowest BCUT2D eigenvalue weighted by molar-refractivity contribution is 0.225. The zero-order chi connectivity index (χ0) is 14.5. The first-order chi connectivity index (χ1) is 9.13. The predicted molar refractivity (Wildman–Crippen MR) is 94.9 cm³/mol. The summed E-state index contributed by atoms with van der Waals surface area (Å²) in [5, 5.41) is 9.93. The minimum atomic E-state index is -0.260. The maximum Gasteiger partial charge on any atom is 0.0732 e. The van der Waals surface area contributed by atoms with Gasteiger partial charge in [0.25, 0.3) is 0 Å². The van der Waals surface area contributed by atoms with Gasteiger partial charge in [0.15, 0.2) is 0 Å². The van der Waals surface area contributed by atoms with Gasteiger partial charge in [0, 0.05) is 0 Å². The zero-order valence-electron chi connectivity index (χ0n) is 13.2. The van der Waals surface area contributed by atoms with Crippen LogP contribution >= 0.6 is 22.6 Å². The van der Waals surface area contributed by atoms with E-state index in [9.17, 15) is 5.11 Å². The quantitative estimate of drug-likeness (QED) is 0.307. The summed E-state index contributed by atoms with van der Waals surface area (Å²) in [5.41, 5.74) is 1.30. The molecule has 1 N–H and O–H groups in total. The van der Waals surface area contributed by atoms with Crippen molar-refractivity contribution in [3.05, 3.63) is 9.15 Å². The van der Waals surface area contributed by atoms with Crippen LogP contribution in [0.2, 0.25) is 0 Å². The van der Waals surface area contributed by atoms with Crippen LogP contribution in [0.1, 0.15) is 91.4 Å². The van der Waals surface area contributed by atoms with E-state index in [0.717, 1.165) is 12.8 Å². The molecule has 0 aliphatic heterocycles. The van der Waals surface area contributed by atoms with Gasteiger partial charge in [0.2, 0.25) is 0 Å². The van der Waals surface area contributed by atoms with Crippen LogP contribution in [0.15, 0.2) is 9.15 Å². The van der Waals surface area contributed by atoms with Gasteiger partial charge >= 0.3 is 0 Å². The lowest BCUT2D eigenvalue weighted by Crippen LogP contribution is -2.06. The highest BCUT2D eigenvalue weighted by atomic mass is 127. The summed E-state index contributed by atoms with van der Waals surface area (Å²) >= 11 is 2.46. The van der Waals surface area contributed by atoms with Gasteiger partial charge in [-0.2, -0.15) is 0 Å². The van der Waals surface area contributed by atoms with Crippen LogP contribution in [0.25, 0.3) is 0 Å². The molecule has 1 nitrogen and oxygen atoms in total. The third-order valence-electron chi connectivity index (χ3n) is 3.65. The molecule has 0 aromatic rings. The van der Waals surface area contributed by atoms with Gasteiger partial charge in [-0.05, 0) is 64.4 Å². The highest BCUT2D eigenvalue weighted by Crippen LogP contribution is 2.27. The Labute approximate surface area is 134 Å². The first-order valence-corrected chi connectivity index (χ1v) is 9.26. The number of unbranched alkanes of at least 4 members (excludes halogenated alkanes) is 7. The monoisotopic (exact) mass is 380 g/mol. The maximum absolute atomic E-state index is 9.93. The van der Waals surface area contributed by atoms with Crippen LogP contribution in [0.3, 0.4) is 0 Å². The van der Waals surface area contributed by atoms with Crippen LogP contribution in [0.5, 0.6) is 0 Å². The van der Waals surface area contributed by atoms with E-state index >= 15 is 0 Å². The molecular weight excluding hydrogens is 347 g/mol. The summed E-state index contributed by atoms with van der Waals surface area (Å²) in [6.07, 6.45) is 13.8. The number of rotatable bonds is 12. The first-order valence-electron chi connectivity index (χ1n) is 8.18. The summed E-state index contributed by atoms with van der Waals surface area (Å²) in [7, 11) is 0. The summed E-state index contributed by atoms with van der Waals surface area (Å²) in [5.74, 6) is 0. The fourth-order valence-corrected chi connectivity index (χ4v) is 3.46. The van der Waals surface area contributed by atoms with Crippen molar-refractivity contribution in [1.29, 1.82) is 0 Å². The van der Waals surface area contributed by atoms with Gasteiger partial charge in [-0.3, -0.25) is 0 Å². The largest absolute Gasteiger partial charge is 0.389 e. The molecule has 0 fully saturated rings. The van der Waals surface area contributed by atoms with E-state index in [1.165, 1.54) is 66.9 Å². The Balaban J connectivity index is 4.04. The average Bonchev–Trinajstić information content (AvgIpc) is 2.38. The molecule has 19 heavy (non-hydrogen) atoms. The molecule has 0 bridgehead atoms. The lowest BCUT2D eigenvalue weighted by atomic mass is 10.00. The second-order valence-corrected chi connectivity index (χ2v) is 6.88. The highest BCUT2D eigenvalue weighted by molar-refractivity contribution is 14.1. The second-order valence-electron chi connectivity index (χ2n) is 5.58. The van der Waals surface area contributed by atoms with Crippen LogP contribution in [-0.4, -0.2) is 11.2 Å². The first kappa shape index (κ1) is 19.4. The van der Waals surface area contributed by atoms with E-state index in [4.69, 9.17) is 0 Å². The van der Waals surface area contributed by atoms with E-state index in [1.807, 2.05) is 6.92 Å². The highest BCUT2D eigenvalue weighted by Gasteiger charge is 2.10. The SMILES string of the molecule is CCCCCCC/C(=C(/I)CCCCCC)C(C)O. The van der Waals surface area contributed by atoms with E-state index < -0.39 is 0 Å². The molecule has 0 aliphatic carbocycles. The van der Waals surface area contributed by atoms with Crippen LogP contribution in [-0.2, 0) is 0 Å². The Morgan fingerprint density at radius 3 is 1.84 bits per heavy atom. The normalized spacial score (nSPS) is 14.4.